The number of nitrogens with zero attached hydrogens (tertiary/aromatic N) is 1. The van der Waals surface area contributed by atoms with Gasteiger partial charge in [-0.2, -0.15) is 0 Å². The summed E-state index contributed by atoms with van der Waals surface area (Å²) in [7, 11) is 0. The zero-order valence-electron chi connectivity index (χ0n) is 23.6. The van der Waals surface area contributed by atoms with Crippen LogP contribution in [-0.2, 0) is 28.0 Å². The van der Waals surface area contributed by atoms with Gasteiger partial charge in [0.2, 0.25) is 5.91 Å². The summed E-state index contributed by atoms with van der Waals surface area (Å²) in [6, 6.07) is 27.2. The van der Waals surface area contributed by atoms with Crippen molar-refractivity contribution in [1.29, 1.82) is 0 Å². The SMILES string of the molecule is CC(C)(C)c1ccccc1OCC(=O)N(Cc1ccccc1)[C@@H](Cc1ccccc1)C(=O)NC1CCCCC1. The Morgan fingerprint density at radius 1 is 0.846 bits per heavy atom. The maximum absolute atomic E-state index is 13.9. The highest BCUT2D eigenvalue weighted by molar-refractivity contribution is 5.88. The highest BCUT2D eigenvalue weighted by Crippen LogP contribution is 2.31. The van der Waals surface area contributed by atoms with Crippen LogP contribution in [0.4, 0.5) is 0 Å². The number of hydrogen-bond acceptors (Lipinski definition) is 3. The van der Waals surface area contributed by atoms with E-state index in [1.807, 2.05) is 84.9 Å². The molecule has 1 aliphatic rings. The predicted octanol–water partition coefficient (Wildman–Crippen LogP) is 6.45. The lowest BCUT2D eigenvalue weighted by atomic mass is 9.86. The molecule has 0 aromatic heterocycles. The molecular weight excluding hydrogens is 484 g/mol. The molecule has 5 heteroatoms. The minimum absolute atomic E-state index is 0.0925. The van der Waals surface area contributed by atoms with Crippen molar-refractivity contribution in [2.75, 3.05) is 6.61 Å². The molecule has 5 nitrogen and oxygen atoms in total. The quantitative estimate of drug-likeness (QED) is 0.330. The fourth-order valence-corrected chi connectivity index (χ4v) is 5.31. The topological polar surface area (TPSA) is 58.6 Å². The highest BCUT2D eigenvalue weighted by Gasteiger charge is 2.32. The van der Waals surface area contributed by atoms with Crippen LogP contribution in [0.3, 0.4) is 0 Å². The standard InChI is InChI=1S/C34H42N2O3/c1-34(2,3)29-21-13-14-22-31(29)39-25-32(37)36(24-27-17-9-5-10-18-27)30(23-26-15-7-4-8-16-26)33(38)35-28-19-11-6-12-20-28/h4-5,7-10,13-18,21-22,28,30H,6,11-12,19-20,23-25H2,1-3H3,(H,35,38)/t30-/m0/s1. The number of nitrogens with one attached hydrogen (secondary N) is 1. The van der Waals surface area contributed by atoms with Crippen molar-refractivity contribution in [2.24, 2.45) is 0 Å². The van der Waals surface area contributed by atoms with E-state index in [4.69, 9.17) is 4.74 Å². The summed E-state index contributed by atoms with van der Waals surface area (Å²) in [5, 5.41) is 3.29. The molecule has 0 heterocycles. The average Bonchev–Trinajstić information content (AvgIpc) is 2.95. The summed E-state index contributed by atoms with van der Waals surface area (Å²) in [5.74, 6) is 0.400. The fourth-order valence-electron chi connectivity index (χ4n) is 5.31. The van der Waals surface area contributed by atoms with Crippen LogP contribution in [0.15, 0.2) is 84.9 Å². The Bertz CT molecular complexity index is 1200. The van der Waals surface area contributed by atoms with Gasteiger partial charge >= 0.3 is 0 Å². The lowest BCUT2D eigenvalue weighted by Crippen LogP contribution is -2.53. The van der Waals surface area contributed by atoms with Crippen molar-refractivity contribution in [2.45, 2.75) is 83.3 Å². The lowest BCUT2D eigenvalue weighted by molar-refractivity contribution is -0.143. The van der Waals surface area contributed by atoms with E-state index in [0.717, 1.165) is 42.4 Å². The zero-order valence-corrected chi connectivity index (χ0v) is 23.6. The van der Waals surface area contributed by atoms with E-state index in [9.17, 15) is 9.59 Å². The van der Waals surface area contributed by atoms with Gasteiger partial charge in [-0.15, -0.1) is 0 Å². The van der Waals surface area contributed by atoms with Crippen LogP contribution in [0.2, 0.25) is 0 Å². The summed E-state index contributed by atoms with van der Waals surface area (Å²) in [6.07, 6.45) is 5.89. The minimum Gasteiger partial charge on any atom is -0.483 e. The number of para-hydroxylation sites is 1. The molecule has 1 fully saturated rings. The van der Waals surface area contributed by atoms with Crippen LogP contribution < -0.4 is 10.1 Å². The average molecular weight is 527 g/mol. The van der Waals surface area contributed by atoms with Crippen LogP contribution in [-0.4, -0.2) is 35.4 Å². The van der Waals surface area contributed by atoms with E-state index < -0.39 is 6.04 Å². The van der Waals surface area contributed by atoms with E-state index in [2.05, 4.69) is 26.1 Å². The Labute approximate surface area is 233 Å². The summed E-state index contributed by atoms with van der Waals surface area (Å²) in [4.78, 5) is 29.5. The molecule has 0 unspecified atom stereocenters. The normalized spacial score (nSPS) is 14.8. The zero-order chi connectivity index (χ0) is 27.7. The molecule has 3 aromatic carbocycles. The van der Waals surface area contributed by atoms with Gasteiger partial charge in [-0.25, -0.2) is 0 Å². The molecule has 39 heavy (non-hydrogen) atoms. The second-order valence-electron chi connectivity index (χ2n) is 11.6. The molecule has 1 N–H and O–H groups in total. The first-order chi connectivity index (χ1) is 18.8. The molecule has 1 saturated carbocycles. The Morgan fingerprint density at radius 3 is 2.08 bits per heavy atom. The van der Waals surface area contributed by atoms with Gasteiger partial charge < -0.3 is 15.0 Å². The Morgan fingerprint density at radius 2 is 1.44 bits per heavy atom. The summed E-state index contributed by atoms with van der Waals surface area (Å²) >= 11 is 0. The molecule has 0 spiro atoms. The number of carbonyl (C=O) groups is 2. The molecule has 1 aliphatic carbocycles. The van der Waals surface area contributed by atoms with Crippen LogP contribution in [0.5, 0.6) is 5.75 Å². The number of hydrogen-bond donors (Lipinski definition) is 1. The van der Waals surface area contributed by atoms with Gasteiger partial charge in [0.1, 0.15) is 11.8 Å². The van der Waals surface area contributed by atoms with E-state index in [0.29, 0.717) is 18.7 Å². The lowest BCUT2D eigenvalue weighted by Gasteiger charge is -2.33. The first kappa shape index (κ1) is 28.4. The number of benzene rings is 3. The Balaban J connectivity index is 1.61. The second-order valence-corrected chi connectivity index (χ2v) is 11.6. The molecule has 3 aromatic rings. The van der Waals surface area contributed by atoms with Gasteiger partial charge in [0.05, 0.1) is 0 Å². The van der Waals surface area contributed by atoms with Crippen LogP contribution in [0.1, 0.15) is 69.6 Å². The molecular formula is C34H42N2O3. The van der Waals surface area contributed by atoms with Crippen molar-refractivity contribution < 1.29 is 14.3 Å². The van der Waals surface area contributed by atoms with Gasteiger partial charge in [0, 0.05) is 19.0 Å². The van der Waals surface area contributed by atoms with Crippen molar-refractivity contribution in [3.8, 4) is 5.75 Å². The third kappa shape index (κ3) is 8.19. The van der Waals surface area contributed by atoms with Gasteiger partial charge in [0.15, 0.2) is 6.61 Å². The molecule has 4 rings (SSSR count). The van der Waals surface area contributed by atoms with Gasteiger partial charge in [-0.1, -0.05) is 119 Å². The monoisotopic (exact) mass is 526 g/mol. The van der Waals surface area contributed by atoms with Crippen LogP contribution in [0, 0.1) is 0 Å². The molecule has 0 bridgehead atoms. The Kier molecular flexibility index (Phi) is 9.80. The molecule has 0 saturated heterocycles. The second kappa shape index (κ2) is 13.5. The number of carbonyl (C=O) groups excluding carboxylic acids is 2. The van der Waals surface area contributed by atoms with Crippen molar-refractivity contribution in [1.82, 2.24) is 10.2 Å². The summed E-state index contributed by atoms with van der Waals surface area (Å²) in [5.41, 5.74) is 2.91. The van der Waals surface area contributed by atoms with Gasteiger partial charge in [-0.3, -0.25) is 9.59 Å². The summed E-state index contributed by atoms with van der Waals surface area (Å²) in [6.45, 7) is 6.58. The van der Waals surface area contributed by atoms with Gasteiger partial charge in [-0.05, 0) is 41.0 Å². The van der Waals surface area contributed by atoms with E-state index in [1.54, 1.807) is 4.90 Å². The van der Waals surface area contributed by atoms with E-state index in [1.165, 1.54) is 6.42 Å². The summed E-state index contributed by atoms with van der Waals surface area (Å²) < 4.78 is 6.15. The predicted molar refractivity (Wildman–Crippen MR) is 157 cm³/mol. The highest BCUT2D eigenvalue weighted by atomic mass is 16.5. The smallest absolute Gasteiger partial charge is 0.261 e. The maximum atomic E-state index is 13.9. The first-order valence-electron chi connectivity index (χ1n) is 14.2. The van der Waals surface area contributed by atoms with E-state index >= 15 is 0 Å². The third-order valence-electron chi connectivity index (χ3n) is 7.46. The molecule has 0 aliphatic heterocycles. The Hall–Kier alpha value is -3.60. The van der Waals surface area contributed by atoms with Crippen LogP contribution in [0.25, 0.3) is 0 Å². The van der Waals surface area contributed by atoms with Crippen molar-refractivity contribution in [3.05, 3.63) is 102 Å². The first-order valence-corrected chi connectivity index (χ1v) is 14.2. The molecule has 1 atom stereocenters. The number of ether oxygens (including phenoxy) is 1. The maximum Gasteiger partial charge on any atom is 0.261 e. The van der Waals surface area contributed by atoms with Crippen molar-refractivity contribution in [3.63, 3.8) is 0 Å². The number of amides is 2. The minimum atomic E-state index is -0.650. The van der Waals surface area contributed by atoms with E-state index in [-0.39, 0.29) is 29.9 Å². The fraction of sp³-hybridized carbons (Fsp3) is 0.412. The third-order valence-corrected chi connectivity index (χ3v) is 7.46. The molecule has 206 valence electrons. The van der Waals surface area contributed by atoms with Gasteiger partial charge in [0.25, 0.3) is 5.91 Å². The molecule has 2 amide bonds. The van der Waals surface area contributed by atoms with Crippen molar-refractivity contribution >= 4 is 11.8 Å². The largest absolute Gasteiger partial charge is 0.483 e. The van der Waals surface area contributed by atoms with Crippen LogP contribution >= 0.6 is 0 Å². The number of rotatable bonds is 10. The molecule has 0 radical (unpaired) electrons.